The average Bonchev–Trinajstić information content (AvgIpc) is 2.94. The van der Waals surface area contributed by atoms with Crippen LogP contribution in [0.4, 0.5) is 0 Å². The fourth-order valence-electron chi connectivity index (χ4n) is 1.20. The normalized spacial score (nSPS) is 10.9. The van der Waals surface area contributed by atoms with Crippen molar-refractivity contribution in [3.8, 4) is 9.88 Å². The van der Waals surface area contributed by atoms with Gasteiger partial charge in [0.05, 0.1) is 9.75 Å². The van der Waals surface area contributed by atoms with Crippen molar-refractivity contribution in [2.75, 3.05) is 14.1 Å². The van der Waals surface area contributed by atoms with Crippen molar-refractivity contribution in [1.29, 1.82) is 0 Å². The van der Waals surface area contributed by atoms with Gasteiger partial charge >= 0.3 is 0 Å². The van der Waals surface area contributed by atoms with Crippen molar-refractivity contribution in [2.45, 2.75) is 0 Å². The molecule has 2 heterocycles. The van der Waals surface area contributed by atoms with Crippen LogP contribution in [0, 0.1) is 0 Å². The Morgan fingerprint density at radius 1 is 1.47 bits per heavy atom. The van der Waals surface area contributed by atoms with Gasteiger partial charge < -0.3 is 4.90 Å². The Balaban J connectivity index is 2.16. The third-order valence-corrected chi connectivity index (χ3v) is 4.06. The molecule has 2 rings (SSSR count). The maximum Gasteiger partial charge on any atom is 0.198 e. The van der Waals surface area contributed by atoms with Gasteiger partial charge in [-0.1, -0.05) is 6.07 Å². The van der Waals surface area contributed by atoms with E-state index in [2.05, 4.69) is 4.98 Å². The first kappa shape index (κ1) is 12.0. The molecule has 0 spiro atoms. The SMILES string of the molecule is CN(C)C=CC(=O)c1cnc(-c2cccs2)s1. The number of thiazole rings is 1. The van der Waals surface area contributed by atoms with Crippen LogP contribution < -0.4 is 0 Å². The minimum Gasteiger partial charge on any atom is -0.383 e. The van der Waals surface area contributed by atoms with E-state index in [4.69, 9.17) is 0 Å². The molecule has 0 amide bonds. The van der Waals surface area contributed by atoms with E-state index < -0.39 is 0 Å². The zero-order valence-electron chi connectivity index (χ0n) is 9.58. The lowest BCUT2D eigenvalue weighted by Gasteiger charge is -2.01. The number of hydrogen-bond acceptors (Lipinski definition) is 5. The summed E-state index contributed by atoms with van der Waals surface area (Å²) in [6.45, 7) is 0. The van der Waals surface area contributed by atoms with Crippen molar-refractivity contribution >= 4 is 28.5 Å². The predicted molar refractivity (Wildman–Crippen MR) is 72.6 cm³/mol. The Labute approximate surface area is 108 Å². The molecule has 17 heavy (non-hydrogen) atoms. The van der Waals surface area contributed by atoms with Gasteiger partial charge in [-0.25, -0.2) is 4.98 Å². The number of rotatable bonds is 4. The Kier molecular flexibility index (Phi) is 3.71. The number of carbonyl (C=O) groups excluding carboxylic acids is 1. The second kappa shape index (κ2) is 5.25. The van der Waals surface area contributed by atoms with E-state index in [-0.39, 0.29) is 5.78 Å². The van der Waals surface area contributed by atoms with Gasteiger partial charge in [0.15, 0.2) is 5.78 Å². The van der Waals surface area contributed by atoms with Crippen LogP contribution in [0.15, 0.2) is 36.0 Å². The summed E-state index contributed by atoms with van der Waals surface area (Å²) in [5.74, 6) is -0.000920. The standard InChI is InChI=1S/C12H12N2OS2/c1-14(2)6-5-9(15)11-8-13-12(17-11)10-4-3-7-16-10/h3-8H,1-2H3. The van der Waals surface area contributed by atoms with Gasteiger partial charge in [-0.3, -0.25) is 4.79 Å². The summed E-state index contributed by atoms with van der Waals surface area (Å²) in [6.07, 6.45) is 4.95. The molecule has 5 heteroatoms. The second-order valence-corrected chi connectivity index (χ2v) is 5.63. The van der Waals surface area contributed by atoms with Crippen LogP contribution in [-0.4, -0.2) is 29.8 Å². The molecular formula is C12H12N2OS2. The third kappa shape index (κ3) is 3.01. The molecule has 2 aromatic rings. The van der Waals surface area contributed by atoms with Crippen LogP contribution in [-0.2, 0) is 0 Å². The molecule has 0 fully saturated rings. The van der Waals surface area contributed by atoms with Crippen molar-refractivity contribution in [2.24, 2.45) is 0 Å². The van der Waals surface area contributed by atoms with Gasteiger partial charge in [-0.05, 0) is 11.4 Å². The largest absolute Gasteiger partial charge is 0.383 e. The number of aromatic nitrogens is 1. The molecule has 0 radical (unpaired) electrons. The minimum absolute atomic E-state index is 0.000920. The summed E-state index contributed by atoms with van der Waals surface area (Å²) in [6, 6.07) is 3.99. The molecule has 0 aromatic carbocycles. The van der Waals surface area contributed by atoms with E-state index in [1.807, 2.05) is 36.5 Å². The smallest absolute Gasteiger partial charge is 0.198 e. The molecule has 0 saturated heterocycles. The number of carbonyl (C=O) groups is 1. The molecule has 0 aliphatic rings. The molecule has 2 aromatic heterocycles. The summed E-state index contributed by atoms with van der Waals surface area (Å²) in [5, 5.41) is 2.91. The summed E-state index contributed by atoms with van der Waals surface area (Å²) in [7, 11) is 3.76. The fourth-order valence-corrected chi connectivity index (χ4v) is 2.84. The summed E-state index contributed by atoms with van der Waals surface area (Å²) < 4.78 is 0. The van der Waals surface area contributed by atoms with Gasteiger partial charge in [0, 0.05) is 32.6 Å². The lowest BCUT2D eigenvalue weighted by Crippen LogP contribution is -2.02. The summed E-state index contributed by atoms with van der Waals surface area (Å²) in [5.41, 5.74) is 0. The first-order chi connectivity index (χ1) is 8.16. The number of allylic oxidation sites excluding steroid dienone is 1. The Morgan fingerprint density at radius 2 is 2.29 bits per heavy atom. The maximum absolute atomic E-state index is 11.8. The molecule has 3 nitrogen and oxygen atoms in total. The number of ketones is 1. The van der Waals surface area contributed by atoms with Crippen molar-refractivity contribution < 1.29 is 4.79 Å². The number of hydrogen-bond donors (Lipinski definition) is 0. The molecule has 88 valence electrons. The molecular weight excluding hydrogens is 252 g/mol. The number of thiophene rings is 1. The topological polar surface area (TPSA) is 33.2 Å². The third-order valence-electron chi connectivity index (χ3n) is 2.00. The quantitative estimate of drug-likeness (QED) is 0.628. The van der Waals surface area contributed by atoms with Gasteiger partial charge in [0.25, 0.3) is 0 Å². The second-order valence-electron chi connectivity index (χ2n) is 3.65. The Hall–Kier alpha value is -1.46. The highest BCUT2D eigenvalue weighted by Gasteiger charge is 2.09. The lowest BCUT2D eigenvalue weighted by molar-refractivity contribution is 0.104. The first-order valence-corrected chi connectivity index (χ1v) is 6.75. The van der Waals surface area contributed by atoms with E-state index in [9.17, 15) is 4.79 Å². The average molecular weight is 264 g/mol. The minimum atomic E-state index is -0.000920. The first-order valence-electron chi connectivity index (χ1n) is 5.05. The zero-order chi connectivity index (χ0) is 12.3. The van der Waals surface area contributed by atoms with Gasteiger partial charge in [0.1, 0.15) is 5.01 Å². The monoisotopic (exact) mass is 264 g/mol. The van der Waals surface area contributed by atoms with Gasteiger partial charge in [0.2, 0.25) is 0 Å². The zero-order valence-corrected chi connectivity index (χ0v) is 11.2. The molecule has 0 saturated carbocycles. The Morgan fingerprint density at radius 3 is 2.94 bits per heavy atom. The fraction of sp³-hybridized carbons (Fsp3) is 0.167. The van der Waals surface area contributed by atoms with Crippen LogP contribution in [0.2, 0.25) is 0 Å². The van der Waals surface area contributed by atoms with Crippen LogP contribution in [0.3, 0.4) is 0 Å². The van der Waals surface area contributed by atoms with Crippen molar-refractivity contribution in [3.63, 3.8) is 0 Å². The molecule has 0 aliphatic carbocycles. The summed E-state index contributed by atoms with van der Waals surface area (Å²) >= 11 is 3.06. The van der Waals surface area contributed by atoms with Crippen molar-refractivity contribution in [3.05, 3.63) is 40.9 Å². The van der Waals surface area contributed by atoms with Gasteiger partial charge in [-0.2, -0.15) is 0 Å². The van der Waals surface area contributed by atoms with E-state index in [0.717, 1.165) is 9.88 Å². The Bertz CT molecular complexity index is 526. The maximum atomic E-state index is 11.8. The molecule has 0 bridgehead atoms. The highest BCUT2D eigenvalue weighted by atomic mass is 32.1. The lowest BCUT2D eigenvalue weighted by atomic mass is 10.3. The highest BCUT2D eigenvalue weighted by molar-refractivity contribution is 7.22. The van der Waals surface area contributed by atoms with Crippen LogP contribution in [0.1, 0.15) is 9.67 Å². The van der Waals surface area contributed by atoms with Crippen LogP contribution >= 0.6 is 22.7 Å². The van der Waals surface area contributed by atoms with Crippen LogP contribution in [0.25, 0.3) is 9.88 Å². The molecule has 0 N–H and O–H groups in total. The van der Waals surface area contributed by atoms with E-state index in [1.165, 1.54) is 11.3 Å². The number of nitrogens with zero attached hydrogens (tertiary/aromatic N) is 2. The van der Waals surface area contributed by atoms with E-state index in [0.29, 0.717) is 4.88 Å². The molecule has 0 atom stereocenters. The van der Waals surface area contributed by atoms with Gasteiger partial charge in [-0.15, -0.1) is 22.7 Å². The van der Waals surface area contributed by atoms with Crippen molar-refractivity contribution in [1.82, 2.24) is 9.88 Å². The van der Waals surface area contributed by atoms with E-state index in [1.54, 1.807) is 29.8 Å². The predicted octanol–water partition coefficient (Wildman–Crippen LogP) is 3.13. The highest BCUT2D eigenvalue weighted by Crippen LogP contribution is 2.29. The summed E-state index contributed by atoms with van der Waals surface area (Å²) in [4.78, 5) is 19.7. The molecule has 0 unspecified atom stereocenters. The van der Waals surface area contributed by atoms with Crippen LogP contribution in [0.5, 0.6) is 0 Å². The van der Waals surface area contributed by atoms with E-state index >= 15 is 0 Å². The molecule has 0 aliphatic heterocycles.